The largest absolute Gasteiger partial charge is 0.506 e. The van der Waals surface area contributed by atoms with Crippen molar-refractivity contribution in [1.29, 1.82) is 0 Å². The lowest BCUT2D eigenvalue weighted by atomic mass is 9.93. The molecule has 0 unspecified atom stereocenters. The van der Waals surface area contributed by atoms with Gasteiger partial charge < -0.3 is 9.84 Å². The molecule has 12 heteroatoms. The third-order valence-electron chi connectivity index (χ3n) is 6.38. The number of thioether (sulfide) groups is 1. The van der Waals surface area contributed by atoms with E-state index in [9.17, 15) is 24.8 Å². The fourth-order valence-electron chi connectivity index (χ4n) is 4.50. The lowest BCUT2D eigenvalue weighted by Crippen LogP contribution is -2.40. The van der Waals surface area contributed by atoms with Crippen molar-refractivity contribution in [3.05, 3.63) is 123 Å². The van der Waals surface area contributed by atoms with E-state index in [1.165, 1.54) is 22.8 Å². The van der Waals surface area contributed by atoms with Crippen LogP contribution in [0.15, 0.2) is 91.5 Å². The van der Waals surface area contributed by atoms with Crippen LogP contribution >= 0.6 is 39.0 Å². The van der Waals surface area contributed by atoms with Gasteiger partial charge in [0.05, 0.1) is 37.8 Å². The lowest BCUT2D eigenvalue weighted by molar-refractivity contribution is -0.385. The summed E-state index contributed by atoms with van der Waals surface area (Å²) in [7, 11) is 0. The van der Waals surface area contributed by atoms with E-state index in [2.05, 4.69) is 15.9 Å². The molecule has 2 heterocycles. The number of thiazole rings is 1. The molecule has 0 saturated carbocycles. The number of hydrogen-bond donors (Lipinski definition) is 1. The van der Waals surface area contributed by atoms with Crippen molar-refractivity contribution in [2.24, 2.45) is 4.99 Å². The third kappa shape index (κ3) is 5.50. The van der Waals surface area contributed by atoms with Crippen molar-refractivity contribution in [3.63, 3.8) is 0 Å². The number of nitro benzene ring substituents is 1. The zero-order chi connectivity index (χ0) is 29.3. The predicted molar refractivity (Wildman–Crippen MR) is 162 cm³/mol. The van der Waals surface area contributed by atoms with E-state index in [-0.39, 0.29) is 38.2 Å². The number of ether oxygens (including phenoxy) is 1. The van der Waals surface area contributed by atoms with Crippen molar-refractivity contribution in [3.8, 4) is 5.75 Å². The van der Waals surface area contributed by atoms with Gasteiger partial charge in [0.2, 0.25) is 0 Å². The number of esters is 1. The molecule has 208 valence electrons. The Morgan fingerprint density at radius 3 is 2.56 bits per heavy atom. The summed E-state index contributed by atoms with van der Waals surface area (Å²) in [6, 6.07) is 18.3. The van der Waals surface area contributed by atoms with Crippen LogP contribution in [-0.2, 0) is 9.53 Å². The van der Waals surface area contributed by atoms with E-state index < -0.39 is 22.5 Å². The fourth-order valence-corrected chi connectivity index (χ4v) is 6.37. The first-order valence-corrected chi connectivity index (χ1v) is 15.2. The molecule has 1 aromatic heterocycles. The highest BCUT2D eigenvalue weighted by molar-refractivity contribution is 9.10. The number of nitro groups is 1. The van der Waals surface area contributed by atoms with Gasteiger partial charge in [-0.1, -0.05) is 53.8 Å². The third-order valence-corrected chi connectivity index (χ3v) is 8.71. The normalized spacial score (nSPS) is 14.9. The van der Waals surface area contributed by atoms with Gasteiger partial charge in [-0.05, 0) is 52.9 Å². The SMILES string of the molecule is CCOC(=O)C1=C(c2ccccc2)N=c2s/c(=C\c3cc([N+](=O)[O-])cc(Br)c3O)c(=O)n2[C@H]1c1ccc(SC)cc1. The highest BCUT2D eigenvalue weighted by Gasteiger charge is 2.35. The summed E-state index contributed by atoms with van der Waals surface area (Å²) in [6.45, 7) is 1.84. The minimum Gasteiger partial charge on any atom is -0.506 e. The van der Waals surface area contributed by atoms with E-state index in [1.54, 1.807) is 18.7 Å². The molecule has 1 aliphatic rings. The van der Waals surface area contributed by atoms with Crippen molar-refractivity contribution in [1.82, 2.24) is 4.57 Å². The Morgan fingerprint density at radius 2 is 1.93 bits per heavy atom. The number of aromatic hydroxyl groups is 1. The predicted octanol–water partition coefficient (Wildman–Crippen LogP) is 5.03. The van der Waals surface area contributed by atoms with Gasteiger partial charge in [-0.2, -0.15) is 0 Å². The van der Waals surface area contributed by atoms with Crippen LogP contribution in [0.25, 0.3) is 11.8 Å². The Hall–Kier alpha value is -4.00. The number of rotatable bonds is 7. The van der Waals surface area contributed by atoms with Gasteiger partial charge in [-0.25, -0.2) is 9.79 Å². The molecule has 9 nitrogen and oxygen atoms in total. The zero-order valence-corrected chi connectivity index (χ0v) is 25.0. The Labute approximate surface area is 250 Å². The summed E-state index contributed by atoms with van der Waals surface area (Å²) < 4.78 is 7.20. The molecule has 0 fully saturated rings. The number of hydrogen-bond acceptors (Lipinski definition) is 9. The molecule has 0 amide bonds. The maximum absolute atomic E-state index is 14.0. The zero-order valence-electron chi connectivity index (χ0n) is 21.7. The second-order valence-electron chi connectivity index (χ2n) is 8.83. The van der Waals surface area contributed by atoms with Crippen molar-refractivity contribution in [2.75, 3.05) is 12.9 Å². The van der Waals surface area contributed by atoms with Gasteiger partial charge in [-0.15, -0.1) is 11.8 Å². The van der Waals surface area contributed by atoms with E-state index in [0.29, 0.717) is 21.6 Å². The summed E-state index contributed by atoms with van der Waals surface area (Å²) in [5.74, 6) is -0.841. The number of benzene rings is 3. The number of halogens is 1. The first-order valence-electron chi connectivity index (χ1n) is 12.3. The first kappa shape index (κ1) is 28.5. The van der Waals surface area contributed by atoms with E-state index in [1.807, 2.05) is 60.9 Å². The smallest absolute Gasteiger partial charge is 0.338 e. The molecule has 0 bridgehead atoms. The number of carbonyl (C=O) groups excluding carboxylic acids is 1. The number of non-ortho nitro benzene ring substituents is 1. The number of phenols is 1. The Balaban J connectivity index is 1.83. The van der Waals surface area contributed by atoms with E-state index in [4.69, 9.17) is 9.73 Å². The number of carbonyl (C=O) groups is 1. The Morgan fingerprint density at radius 1 is 1.22 bits per heavy atom. The first-order chi connectivity index (χ1) is 19.7. The fraction of sp³-hybridized carbons (Fsp3) is 0.138. The van der Waals surface area contributed by atoms with Crippen LogP contribution in [0.5, 0.6) is 5.75 Å². The van der Waals surface area contributed by atoms with Crippen molar-refractivity contribution in [2.45, 2.75) is 17.9 Å². The van der Waals surface area contributed by atoms with Gasteiger partial charge >= 0.3 is 5.97 Å². The van der Waals surface area contributed by atoms with Gasteiger partial charge in [0.1, 0.15) is 5.75 Å². The highest BCUT2D eigenvalue weighted by Crippen LogP contribution is 2.36. The summed E-state index contributed by atoms with van der Waals surface area (Å²) in [5.41, 5.74) is 1.33. The molecular weight excluding hydrogens is 630 g/mol. The Kier molecular flexibility index (Phi) is 8.25. The monoisotopic (exact) mass is 651 g/mol. The van der Waals surface area contributed by atoms with Crippen LogP contribution in [0.3, 0.4) is 0 Å². The molecule has 0 radical (unpaired) electrons. The van der Waals surface area contributed by atoms with Gasteiger partial charge in [0.25, 0.3) is 11.2 Å². The standard InChI is InChI=1S/C29H22BrN3O6S2/c1-3-39-28(36)23-24(16-7-5-4-6-8-16)31-29-32(25(23)17-9-11-20(40-2)12-10-17)27(35)22(41-29)14-18-13-19(33(37)38)15-21(30)26(18)34/h4-15,25,34H,3H2,1-2H3/b22-14-/t25-/m0/s1. The minimum absolute atomic E-state index is 0.0881. The maximum atomic E-state index is 14.0. The summed E-state index contributed by atoms with van der Waals surface area (Å²) in [4.78, 5) is 44.5. The van der Waals surface area contributed by atoms with Crippen molar-refractivity contribution >= 4 is 62.5 Å². The molecule has 1 atom stereocenters. The van der Waals surface area contributed by atoms with Gasteiger partial charge in [0.15, 0.2) is 4.80 Å². The molecule has 3 aromatic carbocycles. The molecule has 0 spiro atoms. The summed E-state index contributed by atoms with van der Waals surface area (Å²) >= 11 is 5.77. The molecule has 4 aromatic rings. The number of aromatic nitrogens is 1. The molecular formula is C29H22BrN3O6S2. The van der Waals surface area contributed by atoms with Crippen LogP contribution in [0, 0.1) is 10.1 Å². The second-order valence-corrected chi connectivity index (χ2v) is 11.6. The Bertz CT molecular complexity index is 1880. The molecule has 41 heavy (non-hydrogen) atoms. The summed E-state index contributed by atoms with van der Waals surface area (Å²) in [6.07, 6.45) is 3.35. The molecule has 0 saturated heterocycles. The van der Waals surface area contributed by atoms with E-state index in [0.717, 1.165) is 16.2 Å². The van der Waals surface area contributed by atoms with Crippen LogP contribution in [0.4, 0.5) is 5.69 Å². The molecule has 1 aliphatic heterocycles. The number of phenolic OH excluding ortho intramolecular Hbond substituents is 1. The van der Waals surface area contributed by atoms with Gasteiger partial charge in [-0.3, -0.25) is 19.5 Å². The number of nitrogens with zero attached hydrogens (tertiary/aromatic N) is 3. The molecule has 0 aliphatic carbocycles. The topological polar surface area (TPSA) is 124 Å². The number of fused-ring (bicyclic) bond motifs is 1. The van der Waals surface area contributed by atoms with Crippen LogP contribution in [0.1, 0.15) is 29.7 Å². The van der Waals surface area contributed by atoms with Crippen molar-refractivity contribution < 1.29 is 19.6 Å². The lowest BCUT2D eigenvalue weighted by Gasteiger charge is -2.26. The molecule has 1 N–H and O–H groups in total. The molecule has 5 rings (SSSR count). The second kappa shape index (κ2) is 11.9. The minimum atomic E-state index is -0.857. The van der Waals surface area contributed by atoms with Crippen LogP contribution < -0.4 is 14.9 Å². The quantitative estimate of drug-likeness (QED) is 0.129. The summed E-state index contributed by atoms with van der Waals surface area (Å²) in [5, 5.41) is 22.0. The van der Waals surface area contributed by atoms with Crippen LogP contribution in [0.2, 0.25) is 0 Å². The van der Waals surface area contributed by atoms with Gasteiger partial charge in [0, 0.05) is 28.2 Å². The highest BCUT2D eigenvalue weighted by atomic mass is 79.9. The average Bonchev–Trinajstić information content (AvgIpc) is 3.29. The van der Waals surface area contributed by atoms with Crippen LogP contribution in [-0.4, -0.2) is 33.4 Å². The maximum Gasteiger partial charge on any atom is 0.338 e. The average molecular weight is 653 g/mol. The van der Waals surface area contributed by atoms with E-state index >= 15 is 0 Å².